The average molecular weight is 258 g/mol. The van der Waals surface area contributed by atoms with E-state index in [0.717, 1.165) is 35.0 Å². The molecule has 0 aliphatic carbocycles. The molecule has 0 bridgehead atoms. The molecule has 1 fully saturated rings. The zero-order valence-electron chi connectivity index (χ0n) is 9.52. The number of nitrogens with one attached hydrogen (secondary N) is 1. The third-order valence-corrected chi connectivity index (χ3v) is 4.15. The van der Waals surface area contributed by atoms with E-state index < -0.39 is 0 Å². The second-order valence-corrected chi connectivity index (χ2v) is 5.42. The smallest absolute Gasteiger partial charge is 0.0439 e. The Bertz CT molecular complexity index is 370. The Labute approximate surface area is 107 Å². The maximum absolute atomic E-state index is 6.21. The molecule has 1 N–H and O–H groups in total. The third kappa shape index (κ3) is 2.53. The van der Waals surface area contributed by atoms with Gasteiger partial charge in [0, 0.05) is 15.6 Å². The number of benzene rings is 1. The number of halogens is 2. The molecule has 2 rings (SSSR count). The van der Waals surface area contributed by atoms with Crippen molar-refractivity contribution in [3.05, 3.63) is 33.8 Å². The van der Waals surface area contributed by atoms with Crippen molar-refractivity contribution in [1.29, 1.82) is 0 Å². The summed E-state index contributed by atoms with van der Waals surface area (Å²) in [4.78, 5) is 0. The predicted molar refractivity (Wildman–Crippen MR) is 70.4 cm³/mol. The molecular formula is C13H17Cl2N. The van der Waals surface area contributed by atoms with E-state index in [9.17, 15) is 0 Å². The molecule has 0 radical (unpaired) electrons. The minimum absolute atomic E-state index is 0.230. The molecule has 16 heavy (non-hydrogen) atoms. The van der Waals surface area contributed by atoms with Crippen LogP contribution in [0.2, 0.25) is 10.0 Å². The molecule has 1 aliphatic heterocycles. The second kappa shape index (κ2) is 4.95. The summed E-state index contributed by atoms with van der Waals surface area (Å²) in [5.74, 6) is 0. The van der Waals surface area contributed by atoms with Gasteiger partial charge in [0.1, 0.15) is 0 Å². The zero-order valence-corrected chi connectivity index (χ0v) is 11.0. The van der Waals surface area contributed by atoms with Crippen molar-refractivity contribution >= 4 is 23.2 Å². The molecule has 3 heteroatoms. The minimum atomic E-state index is 0.230. The maximum Gasteiger partial charge on any atom is 0.0439 e. The fraction of sp³-hybridized carbons (Fsp3) is 0.538. The van der Waals surface area contributed by atoms with E-state index in [-0.39, 0.29) is 5.54 Å². The van der Waals surface area contributed by atoms with Crippen molar-refractivity contribution < 1.29 is 0 Å². The Morgan fingerprint density at radius 2 is 2.19 bits per heavy atom. The lowest BCUT2D eigenvalue weighted by molar-refractivity contribution is 0.360. The summed E-state index contributed by atoms with van der Waals surface area (Å²) in [7, 11) is 0. The molecule has 1 aromatic rings. The van der Waals surface area contributed by atoms with Gasteiger partial charge in [-0.15, -0.1) is 0 Å². The van der Waals surface area contributed by atoms with Gasteiger partial charge in [0.05, 0.1) is 0 Å². The van der Waals surface area contributed by atoms with E-state index >= 15 is 0 Å². The predicted octanol–water partition coefficient (Wildman–Crippen LogP) is 4.07. The highest BCUT2D eigenvalue weighted by Crippen LogP contribution is 2.31. The van der Waals surface area contributed by atoms with Gasteiger partial charge in [0.15, 0.2) is 0 Å². The number of hydrogen-bond donors (Lipinski definition) is 1. The summed E-state index contributed by atoms with van der Waals surface area (Å²) in [6.45, 7) is 3.35. The Kier molecular flexibility index (Phi) is 3.78. The fourth-order valence-corrected chi connectivity index (χ4v) is 2.87. The standard InChI is InChI=1S/C13H17Cl2N/c1-2-13(6-3-7-16-13)9-10-8-11(14)4-5-12(10)15/h4-5,8,16H,2-3,6-7,9H2,1H3. The van der Waals surface area contributed by atoms with Gasteiger partial charge in [-0.2, -0.15) is 0 Å². The van der Waals surface area contributed by atoms with Gasteiger partial charge in [0.25, 0.3) is 0 Å². The maximum atomic E-state index is 6.21. The lowest BCUT2D eigenvalue weighted by Gasteiger charge is -2.28. The van der Waals surface area contributed by atoms with Gasteiger partial charge in [-0.05, 0) is 56.0 Å². The summed E-state index contributed by atoms with van der Waals surface area (Å²) in [6.07, 6.45) is 4.59. The van der Waals surface area contributed by atoms with Gasteiger partial charge in [-0.1, -0.05) is 30.1 Å². The van der Waals surface area contributed by atoms with Gasteiger partial charge >= 0.3 is 0 Å². The molecule has 1 atom stereocenters. The Balaban J connectivity index is 2.21. The SMILES string of the molecule is CCC1(Cc2cc(Cl)ccc2Cl)CCCN1. The summed E-state index contributed by atoms with van der Waals surface area (Å²) < 4.78 is 0. The Morgan fingerprint density at radius 3 is 2.81 bits per heavy atom. The highest BCUT2D eigenvalue weighted by atomic mass is 35.5. The van der Waals surface area contributed by atoms with E-state index in [2.05, 4.69) is 12.2 Å². The third-order valence-electron chi connectivity index (χ3n) is 3.55. The summed E-state index contributed by atoms with van der Waals surface area (Å²) in [5, 5.41) is 5.21. The van der Waals surface area contributed by atoms with Crippen LogP contribution in [0.3, 0.4) is 0 Å². The molecule has 1 heterocycles. The number of rotatable bonds is 3. The van der Waals surface area contributed by atoms with E-state index in [4.69, 9.17) is 23.2 Å². The lowest BCUT2D eigenvalue weighted by atomic mass is 9.87. The van der Waals surface area contributed by atoms with Crippen LogP contribution in [-0.4, -0.2) is 12.1 Å². The molecule has 1 unspecified atom stereocenters. The van der Waals surface area contributed by atoms with Crippen LogP contribution in [0.25, 0.3) is 0 Å². The van der Waals surface area contributed by atoms with E-state index in [0.29, 0.717) is 0 Å². The van der Waals surface area contributed by atoms with Crippen molar-refractivity contribution in [2.75, 3.05) is 6.54 Å². The van der Waals surface area contributed by atoms with E-state index in [1.807, 2.05) is 18.2 Å². The monoisotopic (exact) mass is 257 g/mol. The van der Waals surface area contributed by atoms with Crippen molar-refractivity contribution in [3.63, 3.8) is 0 Å². The van der Waals surface area contributed by atoms with Crippen molar-refractivity contribution in [3.8, 4) is 0 Å². The molecule has 1 saturated heterocycles. The summed E-state index contributed by atoms with van der Waals surface area (Å²) in [5.41, 5.74) is 1.39. The molecule has 0 amide bonds. The van der Waals surface area contributed by atoms with Crippen LogP contribution in [0.15, 0.2) is 18.2 Å². The van der Waals surface area contributed by atoms with Crippen LogP contribution in [0.1, 0.15) is 31.7 Å². The van der Waals surface area contributed by atoms with Gasteiger partial charge in [-0.25, -0.2) is 0 Å². The van der Waals surface area contributed by atoms with Crippen LogP contribution in [0.5, 0.6) is 0 Å². The normalized spacial score (nSPS) is 24.9. The van der Waals surface area contributed by atoms with E-state index in [1.165, 1.54) is 12.8 Å². The zero-order chi connectivity index (χ0) is 11.6. The van der Waals surface area contributed by atoms with Gasteiger partial charge < -0.3 is 5.32 Å². The first kappa shape index (κ1) is 12.2. The highest BCUT2D eigenvalue weighted by Gasteiger charge is 2.32. The summed E-state index contributed by atoms with van der Waals surface area (Å²) in [6, 6.07) is 5.72. The molecule has 0 spiro atoms. The average Bonchev–Trinajstić information content (AvgIpc) is 2.73. The second-order valence-electron chi connectivity index (χ2n) is 4.58. The van der Waals surface area contributed by atoms with Crippen LogP contribution < -0.4 is 5.32 Å². The van der Waals surface area contributed by atoms with Crippen LogP contribution >= 0.6 is 23.2 Å². The van der Waals surface area contributed by atoms with Crippen molar-refractivity contribution in [2.45, 2.75) is 38.1 Å². The van der Waals surface area contributed by atoms with Crippen molar-refractivity contribution in [2.24, 2.45) is 0 Å². The van der Waals surface area contributed by atoms with Gasteiger partial charge in [0.2, 0.25) is 0 Å². The van der Waals surface area contributed by atoms with Crippen LogP contribution in [-0.2, 0) is 6.42 Å². The molecule has 0 saturated carbocycles. The Morgan fingerprint density at radius 1 is 1.38 bits per heavy atom. The van der Waals surface area contributed by atoms with E-state index in [1.54, 1.807) is 0 Å². The van der Waals surface area contributed by atoms with Crippen LogP contribution in [0.4, 0.5) is 0 Å². The molecule has 1 nitrogen and oxygen atoms in total. The first-order chi connectivity index (χ1) is 7.65. The minimum Gasteiger partial charge on any atom is -0.311 e. The molecule has 1 aliphatic rings. The summed E-state index contributed by atoms with van der Waals surface area (Å²) >= 11 is 12.2. The van der Waals surface area contributed by atoms with Crippen LogP contribution in [0, 0.1) is 0 Å². The topological polar surface area (TPSA) is 12.0 Å². The number of hydrogen-bond acceptors (Lipinski definition) is 1. The van der Waals surface area contributed by atoms with Crippen molar-refractivity contribution in [1.82, 2.24) is 5.32 Å². The lowest BCUT2D eigenvalue weighted by Crippen LogP contribution is -2.41. The first-order valence-electron chi connectivity index (χ1n) is 5.84. The molecule has 88 valence electrons. The van der Waals surface area contributed by atoms with Gasteiger partial charge in [-0.3, -0.25) is 0 Å². The first-order valence-corrected chi connectivity index (χ1v) is 6.60. The fourth-order valence-electron chi connectivity index (χ4n) is 2.49. The Hall–Kier alpha value is -0.240. The molecule has 0 aromatic heterocycles. The molecular weight excluding hydrogens is 241 g/mol. The quantitative estimate of drug-likeness (QED) is 0.861. The highest BCUT2D eigenvalue weighted by molar-refractivity contribution is 6.33. The molecule has 1 aromatic carbocycles. The largest absolute Gasteiger partial charge is 0.311 e.